The monoisotopic (exact) mass is 422 g/mol. The SMILES string of the molecule is Cc1ccc(NC(=O)c2cc(Cl)cc(Cl)c2)cc1-c1ccc2nc(N)ncc2c1. The number of fused-ring (bicyclic) bond motifs is 1. The molecule has 0 saturated carbocycles. The molecule has 4 aromatic rings. The van der Waals surface area contributed by atoms with Gasteiger partial charge in [-0.15, -0.1) is 0 Å². The van der Waals surface area contributed by atoms with E-state index in [1.807, 2.05) is 43.3 Å². The first kappa shape index (κ1) is 19.2. The van der Waals surface area contributed by atoms with E-state index in [2.05, 4.69) is 15.3 Å². The number of nitrogens with two attached hydrogens (primary N) is 1. The van der Waals surface area contributed by atoms with Gasteiger partial charge in [0.05, 0.1) is 5.52 Å². The molecule has 4 rings (SSSR count). The van der Waals surface area contributed by atoms with Crippen LogP contribution in [-0.4, -0.2) is 15.9 Å². The minimum atomic E-state index is -0.286. The summed E-state index contributed by atoms with van der Waals surface area (Å²) in [6.07, 6.45) is 1.70. The van der Waals surface area contributed by atoms with Gasteiger partial charge in [0.2, 0.25) is 5.95 Å². The molecule has 7 heteroatoms. The second-order valence-electron chi connectivity index (χ2n) is 6.64. The van der Waals surface area contributed by atoms with Crippen molar-refractivity contribution in [1.29, 1.82) is 0 Å². The lowest BCUT2D eigenvalue weighted by Gasteiger charge is -2.12. The number of carbonyl (C=O) groups excluding carboxylic acids is 1. The summed E-state index contributed by atoms with van der Waals surface area (Å²) < 4.78 is 0. The highest BCUT2D eigenvalue weighted by Crippen LogP contribution is 2.29. The van der Waals surface area contributed by atoms with E-state index in [0.717, 1.165) is 27.6 Å². The molecule has 3 aromatic carbocycles. The molecule has 0 radical (unpaired) electrons. The number of hydrogen-bond donors (Lipinski definition) is 2. The van der Waals surface area contributed by atoms with Crippen molar-refractivity contribution in [2.75, 3.05) is 11.1 Å². The number of aryl methyl sites for hydroxylation is 1. The van der Waals surface area contributed by atoms with Crippen molar-refractivity contribution in [1.82, 2.24) is 9.97 Å². The van der Waals surface area contributed by atoms with E-state index in [9.17, 15) is 4.79 Å². The molecule has 0 bridgehead atoms. The first-order chi connectivity index (χ1) is 13.9. The Labute approximate surface area is 177 Å². The molecule has 0 fully saturated rings. The number of rotatable bonds is 3. The number of carbonyl (C=O) groups is 1. The summed E-state index contributed by atoms with van der Waals surface area (Å²) in [6.45, 7) is 2.02. The van der Waals surface area contributed by atoms with E-state index in [1.165, 1.54) is 0 Å². The number of benzene rings is 3. The molecular weight excluding hydrogens is 407 g/mol. The van der Waals surface area contributed by atoms with Gasteiger partial charge >= 0.3 is 0 Å². The van der Waals surface area contributed by atoms with E-state index in [-0.39, 0.29) is 11.9 Å². The lowest BCUT2D eigenvalue weighted by atomic mass is 9.98. The zero-order valence-electron chi connectivity index (χ0n) is 15.4. The standard InChI is InChI=1S/C22H16Cl2N4O/c1-12-2-4-18(27-21(29)14-7-16(23)9-17(24)8-14)10-19(12)13-3-5-20-15(6-13)11-26-22(25)28-20/h2-11H,1H3,(H,27,29)(H2,25,26,28). The van der Waals surface area contributed by atoms with Crippen molar-refractivity contribution in [3.05, 3.63) is 82.0 Å². The van der Waals surface area contributed by atoms with Gasteiger partial charge in [-0.25, -0.2) is 9.97 Å². The predicted octanol–water partition coefficient (Wildman–Crippen LogP) is 5.75. The lowest BCUT2D eigenvalue weighted by molar-refractivity contribution is 0.102. The maximum absolute atomic E-state index is 12.6. The van der Waals surface area contributed by atoms with Crippen molar-refractivity contribution in [2.45, 2.75) is 6.92 Å². The maximum Gasteiger partial charge on any atom is 0.255 e. The van der Waals surface area contributed by atoms with E-state index in [1.54, 1.807) is 24.4 Å². The topological polar surface area (TPSA) is 80.9 Å². The van der Waals surface area contributed by atoms with Crippen LogP contribution in [0.5, 0.6) is 0 Å². The Bertz CT molecular complexity index is 1240. The third-order valence-corrected chi connectivity index (χ3v) is 4.97. The first-order valence-corrected chi connectivity index (χ1v) is 9.55. The van der Waals surface area contributed by atoms with Gasteiger partial charge in [-0.2, -0.15) is 0 Å². The third kappa shape index (κ3) is 4.16. The van der Waals surface area contributed by atoms with Crippen LogP contribution in [0.1, 0.15) is 15.9 Å². The second kappa shape index (κ2) is 7.70. The van der Waals surface area contributed by atoms with Crippen molar-refractivity contribution < 1.29 is 4.79 Å². The highest BCUT2D eigenvalue weighted by molar-refractivity contribution is 6.35. The smallest absolute Gasteiger partial charge is 0.255 e. The Kier molecular flexibility index (Phi) is 5.09. The Morgan fingerprint density at radius 1 is 1.00 bits per heavy atom. The molecule has 0 spiro atoms. The van der Waals surface area contributed by atoms with Gasteiger partial charge in [-0.3, -0.25) is 4.79 Å². The third-order valence-electron chi connectivity index (χ3n) is 4.53. The zero-order chi connectivity index (χ0) is 20.5. The molecule has 0 aliphatic carbocycles. The molecule has 3 N–H and O–H groups in total. The van der Waals surface area contributed by atoms with Crippen LogP contribution in [0.25, 0.3) is 22.0 Å². The van der Waals surface area contributed by atoms with Crippen LogP contribution in [0.4, 0.5) is 11.6 Å². The number of nitrogen functional groups attached to an aromatic ring is 1. The number of aromatic nitrogens is 2. The number of hydrogen-bond acceptors (Lipinski definition) is 4. The number of nitrogens with zero attached hydrogens (tertiary/aromatic N) is 2. The highest BCUT2D eigenvalue weighted by Gasteiger charge is 2.11. The van der Waals surface area contributed by atoms with E-state index >= 15 is 0 Å². The summed E-state index contributed by atoms with van der Waals surface area (Å²) in [5.74, 6) is -0.0427. The summed E-state index contributed by atoms with van der Waals surface area (Å²) in [7, 11) is 0. The Morgan fingerprint density at radius 2 is 1.76 bits per heavy atom. The molecule has 0 aliphatic rings. The zero-order valence-corrected chi connectivity index (χ0v) is 16.9. The molecule has 5 nitrogen and oxygen atoms in total. The van der Waals surface area contributed by atoms with Gasteiger partial charge in [0.1, 0.15) is 0 Å². The molecule has 1 aromatic heterocycles. The van der Waals surface area contributed by atoms with Crippen LogP contribution < -0.4 is 11.1 Å². The van der Waals surface area contributed by atoms with Crippen LogP contribution in [0.2, 0.25) is 10.0 Å². The van der Waals surface area contributed by atoms with Crippen LogP contribution in [0.3, 0.4) is 0 Å². The number of anilines is 2. The molecule has 0 saturated heterocycles. The Hall–Kier alpha value is -3.15. The summed E-state index contributed by atoms with van der Waals surface area (Å²) in [4.78, 5) is 20.9. The van der Waals surface area contributed by atoms with Crippen molar-refractivity contribution in [2.24, 2.45) is 0 Å². The summed E-state index contributed by atoms with van der Waals surface area (Å²) >= 11 is 12.0. The molecular formula is C22H16Cl2N4O. The summed E-state index contributed by atoms with van der Waals surface area (Å²) in [5.41, 5.74) is 10.5. The van der Waals surface area contributed by atoms with Gasteiger partial charge in [-0.1, -0.05) is 35.3 Å². The van der Waals surface area contributed by atoms with Crippen molar-refractivity contribution in [3.8, 4) is 11.1 Å². The molecule has 0 aliphatic heterocycles. The molecule has 29 heavy (non-hydrogen) atoms. The molecule has 0 atom stereocenters. The minimum Gasteiger partial charge on any atom is -0.368 e. The number of halogens is 2. The van der Waals surface area contributed by atoms with E-state index in [4.69, 9.17) is 28.9 Å². The summed E-state index contributed by atoms with van der Waals surface area (Å²) in [6, 6.07) is 16.4. The number of nitrogens with one attached hydrogen (secondary N) is 1. The van der Waals surface area contributed by atoms with Crippen LogP contribution >= 0.6 is 23.2 Å². The molecule has 1 amide bonds. The van der Waals surface area contributed by atoms with Crippen LogP contribution in [0.15, 0.2) is 60.8 Å². The largest absolute Gasteiger partial charge is 0.368 e. The predicted molar refractivity (Wildman–Crippen MR) is 119 cm³/mol. The van der Waals surface area contributed by atoms with Gasteiger partial charge in [0.15, 0.2) is 0 Å². The average Bonchev–Trinajstić information content (AvgIpc) is 2.68. The Balaban J connectivity index is 1.67. The van der Waals surface area contributed by atoms with Crippen molar-refractivity contribution in [3.63, 3.8) is 0 Å². The molecule has 144 valence electrons. The fourth-order valence-electron chi connectivity index (χ4n) is 3.11. The molecule has 1 heterocycles. The van der Waals surface area contributed by atoms with Gasteiger partial charge < -0.3 is 11.1 Å². The quantitative estimate of drug-likeness (QED) is 0.440. The van der Waals surface area contributed by atoms with Gasteiger partial charge in [0.25, 0.3) is 5.91 Å². The lowest BCUT2D eigenvalue weighted by Crippen LogP contribution is -2.12. The van der Waals surface area contributed by atoms with Gasteiger partial charge in [-0.05, 0) is 66.1 Å². The second-order valence-corrected chi connectivity index (χ2v) is 7.52. The fraction of sp³-hybridized carbons (Fsp3) is 0.0455. The fourth-order valence-corrected chi connectivity index (χ4v) is 3.64. The highest BCUT2D eigenvalue weighted by atomic mass is 35.5. The number of amides is 1. The maximum atomic E-state index is 12.6. The minimum absolute atomic E-state index is 0.243. The van der Waals surface area contributed by atoms with E-state index < -0.39 is 0 Å². The van der Waals surface area contributed by atoms with Crippen LogP contribution in [0, 0.1) is 6.92 Å². The molecule has 0 unspecified atom stereocenters. The van der Waals surface area contributed by atoms with Crippen molar-refractivity contribution >= 4 is 51.6 Å². The van der Waals surface area contributed by atoms with E-state index in [0.29, 0.717) is 21.3 Å². The summed E-state index contributed by atoms with van der Waals surface area (Å²) in [5, 5.41) is 4.60. The first-order valence-electron chi connectivity index (χ1n) is 8.80. The normalized spacial score (nSPS) is 10.9. The Morgan fingerprint density at radius 3 is 2.52 bits per heavy atom. The van der Waals surface area contributed by atoms with Gasteiger partial charge in [0, 0.05) is 32.9 Å². The average molecular weight is 423 g/mol. The van der Waals surface area contributed by atoms with Crippen LogP contribution in [-0.2, 0) is 0 Å².